The normalized spacial score (nSPS) is 21.1. The molecule has 100 valence electrons. The molecule has 1 aromatic heterocycles. The second-order valence-corrected chi connectivity index (χ2v) is 7.00. The zero-order chi connectivity index (χ0) is 13.7. The van der Waals surface area contributed by atoms with Crippen LogP contribution in [0.3, 0.4) is 0 Å². The largest absolute Gasteiger partial charge is 0.366 e. The minimum Gasteiger partial charge on any atom is -0.366 e. The summed E-state index contributed by atoms with van der Waals surface area (Å²) in [5, 5.41) is 4.00. The van der Waals surface area contributed by atoms with Gasteiger partial charge in [0.1, 0.15) is 16.8 Å². The topological polar surface area (TPSA) is 37.8 Å². The average molecular weight is 268 g/mol. The number of nitrogens with one attached hydrogen (secondary N) is 1. The zero-order valence-corrected chi connectivity index (χ0v) is 12.8. The molecule has 0 atom stereocenters. The van der Waals surface area contributed by atoms with E-state index in [1.165, 1.54) is 0 Å². The van der Waals surface area contributed by atoms with Crippen LogP contribution in [0.4, 0.5) is 5.82 Å². The third-order valence-corrected chi connectivity index (χ3v) is 4.74. The van der Waals surface area contributed by atoms with Crippen LogP contribution < -0.4 is 5.32 Å². The predicted octanol–water partition coefficient (Wildman–Crippen LogP) is 4.10. The Balaban J connectivity index is 2.21. The van der Waals surface area contributed by atoms with E-state index in [2.05, 4.69) is 56.8 Å². The van der Waals surface area contributed by atoms with Crippen molar-refractivity contribution >= 4 is 17.4 Å². The zero-order valence-electron chi connectivity index (χ0n) is 12.0. The molecular formula is C14H22ClN3. The van der Waals surface area contributed by atoms with Crippen LogP contribution in [0.5, 0.6) is 0 Å². The Bertz CT molecular complexity index is 452. The summed E-state index contributed by atoms with van der Waals surface area (Å²) in [5.41, 5.74) is 0.560. The van der Waals surface area contributed by atoms with Crippen LogP contribution in [0, 0.1) is 10.8 Å². The van der Waals surface area contributed by atoms with Gasteiger partial charge in [-0.2, -0.15) is 0 Å². The van der Waals surface area contributed by atoms with Crippen molar-refractivity contribution in [2.75, 3.05) is 5.32 Å². The van der Waals surface area contributed by atoms with E-state index >= 15 is 0 Å². The minimum absolute atomic E-state index is 0.280. The van der Waals surface area contributed by atoms with Gasteiger partial charge < -0.3 is 5.32 Å². The van der Waals surface area contributed by atoms with E-state index in [0.29, 0.717) is 11.2 Å². The van der Waals surface area contributed by atoms with Crippen LogP contribution >= 0.6 is 11.6 Å². The SMILES string of the molecule is CC(C)c1nc(Cl)cc(NC2C(C)(C)C2(C)C)n1. The number of hydrogen-bond donors (Lipinski definition) is 1. The Morgan fingerprint density at radius 2 is 1.72 bits per heavy atom. The summed E-state index contributed by atoms with van der Waals surface area (Å²) in [4.78, 5) is 8.79. The molecule has 18 heavy (non-hydrogen) atoms. The Kier molecular flexibility index (Phi) is 3.09. The lowest BCUT2D eigenvalue weighted by Gasteiger charge is -2.11. The smallest absolute Gasteiger partial charge is 0.135 e. The molecular weight excluding hydrogens is 246 g/mol. The van der Waals surface area contributed by atoms with Crippen molar-refractivity contribution in [3.05, 3.63) is 17.0 Å². The second-order valence-electron chi connectivity index (χ2n) is 6.61. The molecule has 0 bridgehead atoms. The van der Waals surface area contributed by atoms with Crippen molar-refractivity contribution in [3.8, 4) is 0 Å². The molecule has 0 aromatic carbocycles. The van der Waals surface area contributed by atoms with E-state index in [9.17, 15) is 0 Å². The molecule has 1 aromatic rings. The molecule has 0 amide bonds. The van der Waals surface area contributed by atoms with Gasteiger partial charge in [-0.25, -0.2) is 9.97 Å². The minimum atomic E-state index is 0.280. The maximum atomic E-state index is 6.05. The summed E-state index contributed by atoms with van der Waals surface area (Å²) in [6.07, 6.45) is 0. The van der Waals surface area contributed by atoms with Gasteiger partial charge in [0.25, 0.3) is 0 Å². The number of halogens is 1. The van der Waals surface area contributed by atoms with Gasteiger partial charge in [0, 0.05) is 18.0 Å². The summed E-state index contributed by atoms with van der Waals surface area (Å²) >= 11 is 6.05. The highest BCUT2D eigenvalue weighted by Crippen LogP contribution is 2.63. The maximum absolute atomic E-state index is 6.05. The van der Waals surface area contributed by atoms with E-state index in [1.807, 2.05) is 0 Å². The lowest BCUT2D eigenvalue weighted by atomic mass is 10.0. The summed E-state index contributed by atoms with van der Waals surface area (Å²) in [7, 11) is 0. The summed E-state index contributed by atoms with van der Waals surface area (Å²) < 4.78 is 0. The Morgan fingerprint density at radius 1 is 1.17 bits per heavy atom. The first-order chi connectivity index (χ1) is 8.16. The molecule has 2 rings (SSSR count). The van der Waals surface area contributed by atoms with Crippen molar-refractivity contribution in [1.82, 2.24) is 9.97 Å². The van der Waals surface area contributed by atoms with E-state index in [1.54, 1.807) is 6.07 Å². The fraction of sp³-hybridized carbons (Fsp3) is 0.714. The Morgan fingerprint density at radius 3 is 2.17 bits per heavy atom. The first-order valence-electron chi connectivity index (χ1n) is 6.47. The fourth-order valence-electron chi connectivity index (χ4n) is 2.47. The Labute approximate surface area is 114 Å². The van der Waals surface area contributed by atoms with Crippen molar-refractivity contribution in [1.29, 1.82) is 0 Å². The number of nitrogens with zero attached hydrogens (tertiary/aromatic N) is 2. The molecule has 0 radical (unpaired) electrons. The molecule has 1 aliphatic carbocycles. The van der Waals surface area contributed by atoms with Gasteiger partial charge >= 0.3 is 0 Å². The standard InChI is InChI=1S/C14H22ClN3/c1-8(2)11-16-9(15)7-10(17-11)18-12-13(3,4)14(12,5)6/h7-8,12H,1-6H3,(H,16,17,18). The van der Waals surface area contributed by atoms with Gasteiger partial charge in [-0.3, -0.25) is 0 Å². The Hall–Kier alpha value is -0.830. The third kappa shape index (κ3) is 2.09. The van der Waals surface area contributed by atoms with Crippen molar-refractivity contribution < 1.29 is 0 Å². The predicted molar refractivity (Wildman–Crippen MR) is 76.1 cm³/mol. The van der Waals surface area contributed by atoms with Crippen molar-refractivity contribution in [2.24, 2.45) is 10.8 Å². The quantitative estimate of drug-likeness (QED) is 0.838. The summed E-state index contributed by atoms with van der Waals surface area (Å²) in [6, 6.07) is 2.23. The van der Waals surface area contributed by atoms with Gasteiger partial charge in [0.15, 0.2) is 0 Å². The van der Waals surface area contributed by atoms with Gasteiger partial charge in [-0.1, -0.05) is 53.1 Å². The first-order valence-corrected chi connectivity index (χ1v) is 6.85. The highest BCUT2D eigenvalue weighted by Gasteiger charge is 2.65. The van der Waals surface area contributed by atoms with Gasteiger partial charge in [-0.15, -0.1) is 0 Å². The molecule has 1 fully saturated rings. The highest BCUT2D eigenvalue weighted by atomic mass is 35.5. The molecule has 1 saturated carbocycles. The van der Waals surface area contributed by atoms with Gasteiger partial charge in [0.05, 0.1) is 0 Å². The molecule has 1 aliphatic rings. The third-order valence-electron chi connectivity index (χ3n) is 4.54. The summed E-state index contributed by atoms with van der Waals surface area (Å²) in [5.74, 6) is 1.91. The first kappa shape index (κ1) is 13.6. The van der Waals surface area contributed by atoms with Gasteiger partial charge in [0.2, 0.25) is 0 Å². The molecule has 0 saturated heterocycles. The second kappa shape index (κ2) is 4.09. The maximum Gasteiger partial charge on any atom is 0.135 e. The number of anilines is 1. The molecule has 0 unspecified atom stereocenters. The van der Waals surface area contributed by atoms with E-state index in [4.69, 9.17) is 11.6 Å². The number of aromatic nitrogens is 2. The molecule has 1 heterocycles. The molecule has 4 heteroatoms. The van der Waals surface area contributed by atoms with Crippen LogP contribution in [0.2, 0.25) is 5.15 Å². The monoisotopic (exact) mass is 267 g/mol. The van der Waals surface area contributed by atoms with Crippen molar-refractivity contribution in [2.45, 2.75) is 53.5 Å². The van der Waals surface area contributed by atoms with E-state index < -0.39 is 0 Å². The lowest BCUT2D eigenvalue weighted by Crippen LogP contribution is -2.13. The molecule has 0 spiro atoms. The van der Waals surface area contributed by atoms with Crippen LogP contribution in [0.15, 0.2) is 6.07 Å². The average Bonchev–Trinajstić information content (AvgIpc) is 2.60. The highest BCUT2D eigenvalue weighted by molar-refractivity contribution is 6.29. The van der Waals surface area contributed by atoms with Crippen molar-refractivity contribution in [3.63, 3.8) is 0 Å². The van der Waals surface area contributed by atoms with E-state index in [-0.39, 0.29) is 16.7 Å². The van der Waals surface area contributed by atoms with Gasteiger partial charge in [-0.05, 0) is 10.8 Å². The number of hydrogen-bond acceptors (Lipinski definition) is 3. The van der Waals surface area contributed by atoms with Crippen LogP contribution in [-0.2, 0) is 0 Å². The summed E-state index contributed by atoms with van der Waals surface area (Å²) in [6.45, 7) is 13.2. The van der Waals surface area contributed by atoms with Crippen LogP contribution in [0.25, 0.3) is 0 Å². The van der Waals surface area contributed by atoms with Crippen LogP contribution in [-0.4, -0.2) is 16.0 Å². The molecule has 0 aliphatic heterocycles. The van der Waals surface area contributed by atoms with E-state index in [0.717, 1.165) is 11.6 Å². The molecule has 1 N–H and O–H groups in total. The number of rotatable bonds is 3. The lowest BCUT2D eigenvalue weighted by molar-refractivity contribution is 0.457. The fourth-order valence-corrected chi connectivity index (χ4v) is 2.66. The molecule has 3 nitrogen and oxygen atoms in total. The van der Waals surface area contributed by atoms with Crippen LogP contribution in [0.1, 0.15) is 53.3 Å².